The van der Waals surface area contributed by atoms with Gasteiger partial charge in [0.05, 0.1) is 0 Å². The zero-order chi connectivity index (χ0) is 12.1. The Hall–Kier alpha value is -1.44. The van der Waals surface area contributed by atoms with Crippen molar-refractivity contribution in [2.75, 3.05) is 20.1 Å². The molecule has 0 aromatic carbocycles. The predicted molar refractivity (Wildman–Crippen MR) is 66.3 cm³/mol. The first-order valence-corrected chi connectivity index (χ1v) is 6.07. The number of rotatable bonds is 3. The molecule has 0 amide bonds. The molecule has 0 bridgehead atoms. The predicted octanol–water partition coefficient (Wildman–Crippen LogP) is 1.14. The molecule has 4 heteroatoms. The first kappa shape index (κ1) is 12.0. The van der Waals surface area contributed by atoms with Crippen molar-refractivity contribution in [2.45, 2.75) is 25.4 Å². The molecule has 1 aliphatic heterocycles. The number of hydrogen-bond acceptors (Lipinski definition) is 4. The lowest BCUT2D eigenvalue weighted by molar-refractivity contribution is 0.187. The zero-order valence-corrected chi connectivity index (χ0v) is 10.2. The van der Waals surface area contributed by atoms with E-state index in [9.17, 15) is 0 Å². The van der Waals surface area contributed by atoms with Crippen LogP contribution in [0.4, 0.5) is 0 Å². The van der Waals surface area contributed by atoms with E-state index in [0.717, 1.165) is 25.2 Å². The molecular formula is C13H18N4. The molecule has 0 radical (unpaired) electrons. The Bertz CT molecular complexity index is 410. The van der Waals surface area contributed by atoms with E-state index < -0.39 is 0 Å². The third-order valence-corrected chi connectivity index (χ3v) is 3.30. The van der Waals surface area contributed by atoms with Gasteiger partial charge in [-0.05, 0) is 32.5 Å². The van der Waals surface area contributed by atoms with Crippen LogP contribution in [0.5, 0.6) is 0 Å². The van der Waals surface area contributed by atoms with Crippen molar-refractivity contribution in [1.29, 1.82) is 5.26 Å². The van der Waals surface area contributed by atoms with Gasteiger partial charge >= 0.3 is 0 Å². The van der Waals surface area contributed by atoms with Crippen molar-refractivity contribution in [1.82, 2.24) is 15.2 Å². The van der Waals surface area contributed by atoms with Gasteiger partial charge in [-0.2, -0.15) is 5.26 Å². The third kappa shape index (κ3) is 3.02. The van der Waals surface area contributed by atoms with Gasteiger partial charge in [-0.3, -0.25) is 4.90 Å². The van der Waals surface area contributed by atoms with Crippen molar-refractivity contribution < 1.29 is 0 Å². The molecule has 1 aromatic heterocycles. The van der Waals surface area contributed by atoms with Crippen LogP contribution in [-0.2, 0) is 6.54 Å². The van der Waals surface area contributed by atoms with Crippen LogP contribution in [0.1, 0.15) is 24.1 Å². The summed E-state index contributed by atoms with van der Waals surface area (Å²) < 4.78 is 0. The van der Waals surface area contributed by atoms with Gasteiger partial charge in [0.1, 0.15) is 11.8 Å². The summed E-state index contributed by atoms with van der Waals surface area (Å²) in [7, 11) is 2.01. The van der Waals surface area contributed by atoms with Crippen LogP contribution in [0, 0.1) is 11.3 Å². The topological polar surface area (TPSA) is 52.0 Å². The van der Waals surface area contributed by atoms with E-state index in [1.54, 1.807) is 6.20 Å². The molecule has 1 atom stereocenters. The lowest BCUT2D eigenvalue weighted by Crippen LogP contribution is -2.43. The lowest BCUT2D eigenvalue weighted by Gasteiger charge is -2.32. The maximum atomic E-state index is 9.00. The molecule has 0 saturated carbocycles. The minimum absolute atomic E-state index is 0.555. The second-order valence-corrected chi connectivity index (χ2v) is 4.49. The van der Waals surface area contributed by atoms with E-state index in [0.29, 0.717) is 11.7 Å². The molecule has 1 saturated heterocycles. The van der Waals surface area contributed by atoms with Gasteiger partial charge < -0.3 is 5.32 Å². The Labute approximate surface area is 102 Å². The van der Waals surface area contributed by atoms with Crippen LogP contribution in [0.25, 0.3) is 0 Å². The molecule has 1 aliphatic rings. The molecule has 2 rings (SSSR count). The Morgan fingerprint density at radius 3 is 3.29 bits per heavy atom. The second-order valence-electron chi connectivity index (χ2n) is 4.49. The van der Waals surface area contributed by atoms with Crippen molar-refractivity contribution in [3.8, 4) is 6.07 Å². The summed E-state index contributed by atoms with van der Waals surface area (Å²) in [6, 6.07) is 6.62. The number of piperidine rings is 1. The minimum atomic E-state index is 0.555. The Morgan fingerprint density at radius 2 is 2.53 bits per heavy atom. The minimum Gasteiger partial charge on any atom is -0.316 e. The van der Waals surface area contributed by atoms with Gasteiger partial charge in [-0.1, -0.05) is 6.07 Å². The quantitative estimate of drug-likeness (QED) is 0.846. The number of aromatic nitrogens is 1. The first-order chi connectivity index (χ1) is 8.33. The van der Waals surface area contributed by atoms with E-state index in [1.165, 1.54) is 12.8 Å². The van der Waals surface area contributed by atoms with E-state index in [2.05, 4.69) is 21.3 Å². The van der Waals surface area contributed by atoms with Crippen molar-refractivity contribution >= 4 is 0 Å². The number of nitrogens with zero attached hydrogens (tertiary/aromatic N) is 3. The van der Waals surface area contributed by atoms with Crippen LogP contribution in [0.15, 0.2) is 18.3 Å². The molecule has 1 unspecified atom stereocenters. The number of likely N-dealkylation sites (tertiary alicyclic amines) is 1. The summed E-state index contributed by atoms with van der Waals surface area (Å²) in [6.07, 6.45) is 4.13. The van der Waals surface area contributed by atoms with Gasteiger partial charge in [0.25, 0.3) is 0 Å². The maximum absolute atomic E-state index is 9.00. The molecule has 1 aromatic rings. The van der Waals surface area contributed by atoms with Gasteiger partial charge in [-0.25, -0.2) is 4.98 Å². The van der Waals surface area contributed by atoms with Gasteiger partial charge in [0.15, 0.2) is 0 Å². The zero-order valence-electron chi connectivity index (χ0n) is 10.2. The normalized spacial score (nSPS) is 21.1. The van der Waals surface area contributed by atoms with Crippen LogP contribution < -0.4 is 5.32 Å². The Morgan fingerprint density at radius 1 is 1.65 bits per heavy atom. The fourth-order valence-corrected chi connectivity index (χ4v) is 2.34. The molecular weight excluding hydrogens is 212 g/mol. The standard InChI is InChI=1S/C13H18N4/c1-15-12-5-3-7-17(10-12)9-11-4-2-6-16-13(11)8-14/h2,4,6,12,15H,3,5,7,9-10H2,1H3. The third-order valence-electron chi connectivity index (χ3n) is 3.30. The summed E-state index contributed by atoms with van der Waals surface area (Å²) in [5, 5.41) is 12.3. The number of pyridine rings is 1. The maximum Gasteiger partial charge on any atom is 0.144 e. The first-order valence-electron chi connectivity index (χ1n) is 6.07. The van der Waals surface area contributed by atoms with Crippen LogP contribution >= 0.6 is 0 Å². The van der Waals surface area contributed by atoms with Gasteiger partial charge in [-0.15, -0.1) is 0 Å². The Kier molecular flexibility index (Phi) is 4.08. The summed E-state index contributed by atoms with van der Waals surface area (Å²) >= 11 is 0. The van der Waals surface area contributed by atoms with Crippen molar-refractivity contribution in [3.05, 3.63) is 29.6 Å². The van der Waals surface area contributed by atoms with Crippen molar-refractivity contribution in [2.24, 2.45) is 0 Å². The molecule has 17 heavy (non-hydrogen) atoms. The van der Waals surface area contributed by atoms with Crippen LogP contribution in [0.3, 0.4) is 0 Å². The molecule has 1 fully saturated rings. The van der Waals surface area contributed by atoms with Crippen LogP contribution in [-0.4, -0.2) is 36.1 Å². The average molecular weight is 230 g/mol. The van der Waals surface area contributed by atoms with Crippen LogP contribution in [0.2, 0.25) is 0 Å². The Balaban J connectivity index is 2.03. The van der Waals surface area contributed by atoms with Crippen molar-refractivity contribution in [3.63, 3.8) is 0 Å². The molecule has 4 nitrogen and oxygen atoms in total. The van der Waals surface area contributed by atoms with Gasteiger partial charge in [0, 0.05) is 30.9 Å². The second kappa shape index (κ2) is 5.76. The molecule has 1 N–H and O–H groups in total. The fourth-order valence-electron chi connectivity index (χ4n) is 2.34. The van der Waals surface area contributed by atoms with Gasteiger partial charge in [0.2, 0.25) is 0 Å². The molecule has 90 valence electrons. The number of likely N-dealkylation sites (N-methyl/N-ethyl adjacent to an activating group) is 1. The number of hydrogen-bond donors (Lipinski definition) is 1. The molecule has 0 aliphatic carbocycles. The van der Waals surface area contributed by atoms with E-state index in [4.69, 9.17) is 5.26 Å². The highest BCUT2D eigenvalue weighted by molar-refractivity contribution is 5.30. The molecule has 0 spiro atoms. The summed E-state index contributed by atoms with van der Waals surface area (Å²) in [5.41, 5.74) is 1.59. The van der Waals surface area contributed by atoms with E-state index in [-0.39, 0.29) is 0 Å². The number of nitrogens with one attached hydrogen (secondary N) is 1. The largest absolute Gasteiger partial charge is 0.316 e. The van der Waals surface area contributed by atoms with E-state index >= 15 is 0 Å². The SMILES string of the molecule is CNC1CCCN(Cc2cccnc2C#N)C1. The lowest BCUT2D eigenvalue weighted by atomic mass is 10.0. The highest BCUT2D eigenvalue weighted by Crippen LogP contribution is 2.14. The highest BCUT2D eigenvalue weighted by Gasteiger charge is 2.19. The monoisotopic (exact) mass is 230 g/mol. The smallest absolute Gasteiger partial charge is 0.144 e. The highest BCUT2D eigenvalue weighted by atomic mass is 15.2. The summed E-state index contributed by atoms with van der Waals surface area (Å²) in [5.74, 6) is 0. The summed E-state index contributed by atoms with van der Waals surface area (Å²) in [4.78, 5) is 6.49. The summed E-state index contributed by atoms with van der Waals surface area (Å²) in [6.45, 7) is 2.99. The van der Waals surface area contributed by atoms with E-state index in [1.807, 2.05) is 19.2 Å². The fraction of sp³-hybridized carbons (Fsp3) is 0.538. The molecule has 2 heterocycles. The average Bonchev–Trinajstić information content (AvgIpc) is 2.39. The number of nitriles is 1.